The maximum absolute atomic E-state index is 12.5. The number of sulfone groups is 1. The van der Waals surface area contributed by atoms with Gasteiger partial charge in [0.15, 0.2) is 9.84 Å². The molecule has 8 nitrogen and oxygen atoms in total. The van der Waals surface area contributed by atoms with Gasteiger partial charge in [0.2, 0.25) is 15.9 Å². The van der Waals surface area contributed by atoms with Gasteiger partial charge in [0.05, 0.1) is 25.2 Å². The Bertz CT molecular complexity index is 878. The average Bonchev–Trinajstić information content (AvgIpc) is 2.86. The maximum atomic E-state index is 12.5. The minimum Gasteiger partial charge on any atom is -0.495 e. The molecule has 1 aliphatic rings. The van der Waals surface area contributed by atoms with Crippen molar-refractivity contribution < 1.29 is 26.4 Å². The van der Waals surface area contributed by atoms with Crippen LogP contribution in [0, 0.1) is 13.8 Å². The summed E-state index contributed by atoms with van der Waals surface area (Å²) in [6.07, 6.45) is 0.339. The van der Waals surface area contributed by atoms with E-state index in [4.69, 9.17) is 4.74 Å². The molecule has 2 rings (SSSR count). The van der Waals surface area contributed by atoms with Crippen LogP contribution in [0.1, 0.15) is 17.5 Å². The number of hydrogen-bond acceptors (Lipinski definition) is 6. The van der Waals surface area contributed by atoms with Gasteiger partial charge in [-0.1, -0.05) is 0 Å². The van der Waals surface area contributed by atoms with Gasteiger partial charge in [0.25, 0.3) is 0 Å². The number of amides is 1. The van der Waals surface area contributed by atoms with E-state index in [2.05, 4.69) is 10.0 Å². The summed E-state index contributed by atoms with van der Waals surface area (Å²) >= 11 is 0. The summed E-state index contributed by atoms with van der Waals surface area (Å²) in [6.45, 7) is 3.14. The molecule has 1 fully saturated rings. The van der Waals surface area contributed by atoms with Crippen molar-refractivity contribution in [1.82, 2.24) is 10.0 Å². The van der Waals surface area contributed by atoms with Gasteiger partial charge in [-0.3, -0.25) is 4.79 Å². The van der Waals surface area contributed by atoms with Crippen LogP contribution < -0.4 is 14.8 Å². The molecule has 1 amide bonds. The van der Waals surface area contributed by atoms with Crippen LogP contribution in [-0.2, 0) is 24.7 Å². The van der Waals surface area contributed by atoms with Crippen LogP contribution in [0.15, 0.2) is 17.0 Å². The van der Waals surface area contributed by atoms with Gasteiger partial charge in [-0.2, -0.15) is 0 Å². The molecule has 0 saturated carbocycles. The maximum Gasteiger partial charge on any atom is 0.244 e. The van der Waals surface area contributed by atoms with Crippen molar-refractivity contribution in [2.24, 2.45) is 0 Å². The van der Waals surface area contributed by atoms with Crippen molar-refractivity contribution in [2.75, 3.05) is 25.2 Å². The van der Waals surface area contributed by atoms with Crippen molar-refractivity contribution >= 4 is 25.8 Å². The van der Waals surface area contributed by atoms with Crippen LogP contribution in [0.5, 0.6) is 5.75 Å². The summed E-state index contributed by atoms with van der Waals surface area (Å²) in [5.41, 5.74) is 1.66. The number of sulfonamides is 1. The number of ether oxygens (including phenoxy) is 1. The average molecular weight is 390 g/mol. The van der Waals surface area contributed by atoms with Gasteiger partial charge in [-0.05, 0) is 43.5 Å². The van der Waals surface area contributed by atoms with E-state index < -0.39 is 38.4 Å². The predicted octanol–water partition coefficient (Wildman–Crippen LogP) is -0.106. The predicted molar refractivity (Wildman–Crippen MR) is 92.9 cm³/mol. The van der Waals surface area contributed by atoms with Crippen LogP contribution in [0.2, 0.25) is 0 Å². The van der Waals surface area contributed by atoms with Crippen LogP contribution in [0.3, 0.4) is 0 Å². The van der Waals surface area contributed by atoms with Gasteiger partial charge < -0.3 is 10.1 Å². The van der Waals surface area contributed by atoms with Crippen molar-refractivity contribution in [3.63, 3.8) is 0 Å². The third-order valence-electron chi connectivity index (χ3n) is 4.09. The molecule has 0 aromatic heterocycles. The van der Waals surface area contributed by atoms with E-state index in [1.165, 1.54) is 13.2 Å². The van der Waals surface area contributed by atoms with Gasteiger partial charge >= 0.3 is 0 Å². The Morgan fingerprint density at radius 3 is 2.48 bits per heavy atom. The lowest BCUT2D eigenvalue weighted by atomic mass is 10.1. The normalized spacial score (nSPS) is 19.6. The standard InChI is InChI=1S/C15H22N2O6S2/c1-10-6-13(23-3)14(7-11(10)2)25(21,22)16-8-15(18)17-12-4-5-24(19,20)9-12/h6-7,12,16H,4-5,8-9H2,1-3H3,(H,17,18). The smallest absolute Gasteiger partial charge is 0.244 e. The highest BCUT2D eigenvalue weighted by molar-refractivity contribution is 7.91. The number of benzene rings is 1. The number of rotatable bonds is 6. The Balaban J connectivity index is 2.04. The summed E-state index contributed by atoms with van der Waals surface area (Å²) in [7, 11) is -5.69. The Kier molecular flexibility index (Phi) is 5.75. The van der Waals surface area contributed by atoms with E-state index in [-0.39, 0.29) is 22.2 Å². The third-order valence-corrected chi connectivity index (χ3v) is 7.28. The minimum atomic E-state index is -3.95. The SMILES string of the molecule is COc1cc(C)c(C)cc1S(=O)(=O)NCC(=O)NC1CCS(=O)(=O)C1. The first-order chi connectivity index (χ1) is 11.5. The van der Waals surface area contributed by atoms with Crippen molar-refractivity contribution in [1.29, 1.82) is 0 Å². The van der Waals surface area contributed by atoms with Crippen LogP contribution in [0.25, 0.3) is 0 Å². The number of hydrogen-bond donors (Lipinski definition) is 2. The molecular formula is C15H22N2O6S2. The number of carbonyl (C=O) groups is 1. The number of aryl methyl sites for hydroxylation is 2. The summed E-state index contributed by atoms with van der Waals surface area (Å²) in [6, 6.07) is 2.63. The molecule has 1 saturated heterocycles. The minimum absolute atomic E-state index is 0.0313. The summed E-state index contributed by atoms with van der Waals surface area (Å²) < 4.78 is 55.0. The fraction of sp³-hybridized carbons (Fsp3) is 0.533. The molecule has 0 radical (unpaired) electrons. The molecule has 1 heterocycles. The van der Waals surface area contributed by atoms with Crippen molar-refractivity contribution in [3.8, 4) is 5.75 Å². The second-order valence-electron chi connectivity index (χ2n) is 6.08. The van der Waals surface area contributed by atoms with Crippen LogP contribution >= 0.6 is 0 Å². The fourth-order valence-electron chi connectivity index (χ4n) is 2.56. The van der Waals surface area contributed by atoms with E-state index in [9.17, 15) is 21.6 Å². The fourth-order valence-corrected chi connectivity index (χ4v) is 5.45. The molecule has 1 aliphatic heterocycles. The highest BCUT2D eigenvalue weighted by atomic mass is 32.2. The van der Waals surface area contributed by atoms with E-state index in [0.717, 1.165) is 11.1 Å². The molecule has 1 aromatic rings. The first-order valence-electron chi connectivity index (χ1n) is 7.69. The molecule has 140 valence electrons. The monoisotopic (exact) mass is 390 g/mol. The highest BCUT2D eigenvalue weighted by Gasteiger charge is 2.29. The van der Waals surface area contributed by atoms with Gasteiger partial charge in [-0.25, -0.2) is 21.6 Å². The molecule has 1 aromatic carbocycles. The third kappa shape index (κ3) is 4.93. The highest BCUT2D eigenvalue weighted by Crippen LogP contribution is 2.27. The van der Waals surface area contributed by atoms with E-state index >= 15 is 0 Å². The Hall–Kier alpha value is -1.65. The van der Waals surface area contributed by atoms with Gasteiger partial charge in [-0.15, -0.1) is 0 Å². The lowest BCUT2D eigenvalue weighted by molar-refractivity contribution is -0.120. The lowest BCUT2D eigenvalue weighted by Gasteiger charge is -2.14. The zero-order chi connectivity index (χ0) is 18.8. The van der Waals surface area contributed by atoms with E-state index in [1.54, 1.807) is 13.0 Å². The number of carbonyl (C=O) groups excluding carboxylic acids is 1. The largest absolute Gasteiger partial charge is 0.495 e. The van der Waals surface area contributed by atoms with Crippen LogP contribution in [-0.4, -0.2) is 53.9 Å². The second-order valence-corrected chi connectivity index (χ2v) is 10.0. The Labute approximate surface area is 147 Å². The summed E-state index contributed by atoms with van der Waals surface area (Å²) in [5.74, 6) is -0.466. The first kappa shape index (κ1) is 19.7. The molecule has 1 unspecified atom stereocenters. The van der Waals surface area contributed by atoms with E-state index in [1.807, 2.05) is 6.92 Å². The molecule has 1 atom stereocenters. The molecule has 25 heavy (non-hydrogen) atoms. The lowest BCUT2D eigenvalue weighted by Crippen LogP contribution is -2.42. The summed E-state index contributed by atoms with van der Waals surface area (Å²) in [5, 5.41) is 2.53. The van der Waals surface area contributed by atoms with Gasteiger partial charge in [0.1, 0.15) is 10.6 Å². The molecular weight excluding hydrogens is 368 g/mol. The molecule has 0 bridgehead atoms. The molecule has 0 spiro atoms. The molecule has 10 heteroatoms. The summed E-state index contributed by atoms with van der Waals surface area (Å²) in [4.78, 5) is 11.9. The molecule has 0 aliphatic carbocycles. The number of methoxy groups -OCH3 is 1. The van der Waals surface area contributed by atoms with Crippen LogP contribution in [0.4, 0.5) is 0 Å². The second kappa shape index (κ2) is 7.30. The van der Waals surface area contributed by atoms with Crippen molar-refractivity contribution in [2.45, 2.75) is 31.2 Å². The molecule has 2 N–H and O–H groups in total. The van der Waals surface area contributed by atoms with Crippen molar-refractivity contribution in [3.05, 3.63) is 23.3 Å². The first-order valence-corrected chi connectivity index (χ1v) is 11.0. The quantitative estimate of drug-likeness (QED) is 0.700. The topological polar surface area (TPSA) is 119 Å². The van der Waals surface area contributed by atoms with E-state index in [0.29, 0.717) is 6.42 Å². The Morgan fingerprint density at radius 1 is 1.28 bits per heavy atom. The Morgan fingerprint density at radius 2 is 1.92 bits per heavy atom. The van der Waals surface area contributed by atoms with Gasteiger partial charge in [0, 0.05) is 6.04 Å². The zero-order valence-corrected chi connectivity index (χ0v) is 16.0. The zero-order valence-electron chi connectivity index (χ0n) is 14.3. The number of nitrogens with one attached hydrogen (secondary N) is 2.